The van der Waals surface area contributed by atoms with Crippen LogP contribution in [0.25, 0.3) is 0 Å². The van der Waals surface area contributed by atoms with Crippen molar-refractivity contribution in [2.45, 2.75) is 12.8 Å². The second-order valence-corrected chi connectivity index (χ2v) is 5.82. The molecule has 0 bridgehead atoms. The lowest BCUT2D eigenvalue weighted by Crippen LogP contribution is -2.42. The summed E-state index contributed by atoms with van der Waals surface area (Å²) in [6.07, 6.45) is 1.56. The molecule has 0 radical (unpaired) electrons. The average molecular weight is 307 g/mol. The van der Waals surface area contributed by atoms with E-state index in [1.165, 1.54) is 18.4 Å². The first-order valence-electron chi connectivity index (χ1n) is 6.72. The Kier molecular flexibility index (Phi) is 5.37. The van der Waals surface area contributed by atoms with Crippen molar-refractivity contribution < 1.29 is 19.4 Å². The molecule has 1 unspecified atom stereocenters. The van der Waals surface area contributed by atoms with Crippen LogP contribution in [0.3, 0.4) is 0 Å². The molecule has 1 aromatic rings. The number of aliphatic hydroxyl groups excluding tert-OH is 1. The monoisotopic (exact) mass is 307 g/mol. The molecule has 1 N–H and O–H groups in total. The number of hydrogen-bond donors (Lipinski definition) is 1. The molecule has 1 saturated heterocycles. The fraction of sp³-hybridized carbons (Fsp3) is 0.467. The third-order valence-corrected chi connectivity index (χ3v) is 4.34. The molecule has 2 heterocycles. The van der Waals surface area contributed by atoms with Crippen LogP contribution in [-0.4, -0.2) is 48.7 Å². The van der Waals surface area contributed by atoms with Gasteiger partial charge in [-0.25, -0.2) is 0 Å². The molecule has 1 amide bonds. The summed E-state index contributed by atoms with van der Waals surface area (Å²) in [4.78, 5) is 27.1. The maximum atomic E-state index is 12.4. The summed E-state index contributed by atoms with van der Waals surface area (Å²) in [6.45, 7) is 0.858. The van der Waals surface area contributed by atoms with Gasteiger partial charge < -0.3 is 14.7 Å². The highest BCUT2D eigenvalue weighted by Crippen LogP contribution is 2.23. The third-order valence-electron chi connectivity index (χ3n) is 3.35. The lowest BCUT2D eigenvalue weighted by atomic mass is 9.98. The van der Waals surface area contributed by atoms with Crippen LogP contribution >= 0.6 is 11.3 Å². The van der Waals surface area contributed by atoms with E-state index in [2.05, 4.69) is 11.8 Å². The van der Waals surface area contributed by atoms with Crippen molar-refractivity contribution >= 4 is 23.2 Å². The van der Waals surface area contributed by atoms with Crippen molar-refractivity contribution in [2.75, 3.05) is 26.8 Å². The Labute approximate surface area is 127 Å². The molecule has 112 valence electrons. The van der Waals surface area contributed by atoms with E-state index in [1.54, 1.807) is 17.0 Å². The Morgan fingerprint density at radius 3 is 3.05 bits per heavy atom. The first-order valence-corrected chi connectivity index (χ1v) is 7.54. The molecule has 0 spiro atoms. The van der Waals surface area contributed by atoms with Gasteiger partial charge in [0.05, 0.1) is 22.8 Å². The van der Waals surface area contributed by atoms with Crippen LogP contribution in [0.2, 0.25) is 0 Å². The van der Waals surface area contributed by atoms with Gasteiger partial charge in [0.2, 0.25) is 0 Å². The minimum atomic E-state index is -0.256. The summed E-state index contributed by atoms with van der Waals surface area (Å²) < 4.78 is 4.76. The van der Waals surface area contributed by atoms with E-state index in [9.17, 15) is 9.59 Å². The summed E-state index contributed by atoms with van der Waals surface area (Å²) in [5.41, 5.74) is 0. The third kappa shape index (κ3) is 3.84. The number of carbonyl (C=O) groups excluding carboxylic acids is 2. The lowest BCUT2D eigenvalue weighted by molar-refractivity contribution is -0.146. The van der Waals surface area contributed by atoms with Gasteiger partial charge in [0.25, 0.3) is 5.91 Å². The van der Waals surface area contributed by atoms with Crippen molar-refractivity contribution in [1.29, 1.82) is 0 Å². The van der Waals surface area contributed by atoms with Crippen LogP contribution in [0.1, 0.15) is 27.4 Å². The summed E-state index contributed by atoms with van der Waals surface area (Å²) in [6, 6.07) is 3.50. The van der Waals surface area contributed by atoms with E-state index in [4.69, 9.17) is 9.84 Å². The fourth-order valence-electron chi connectivity index (χ4n) is 2.32. The Morgan fingerprint density at radius 2 is 2.33 bits per heavy atom. The van der Waals surface area contributed by atoms with E-state index < -0.39 is 0 Å². The Morgan fingerprint density at radius 1 is 1.52 bits per heavy atom. The van der Waals surface area contributed by atoms with E-state index >= 15 is 0 Å². The normalized spacial score (nSPS) is 17.8. The zero-order valence-electron chi connectivity index (χ0n) is 11.8. The summed E-state index contributed by atoms with van der Waals surface area (Å²) in [5.74, 6) is 4.77. The van der Waals surface area contributed by atoms with Gasteiger partial charge in [-0.1, -0.05) is 11.8 Å². The molecule has 5 nitrogen and oxygen atoms in total. The number of rotatable bonds is 2. The van der Waals surface area contributed by atoms with Crippen LogP contribution in [0, 0.1) is 17.8 Å². The number of carbonyl (C=O) groups is 2. The highest BCUT2D eigenvalue weighted by atomic mass is 32.1. The molecule has 6 heteroatoms. The molecular formula is C15H17NO4S. The molecule has 1 aliphatic heterocycles. The van der Waals surface area contributed by atoms with Crippen molar-refractivity contribution in [3.8, 4) is 11.8 Å². The highest BCUT2D eigenvalue weighted by Gasteiger charge is 2.29. The number of amides is 1. The minimum absolute atomic E-state index is 0.0781. The van der Waals surface area contributed by atoms with Gasteiger partial charge in [0.15, 0.2) is 0 Å². The standard InChI is InChI=1S/C15H17NO4S/c1-20-15(19)11-4-2-8-16(10-11)14(18)13-7-6-12(21-13)5-3-9-17/h6-7,11,17H,2,4,8-10H2,1H3. The number of methoxy groups -OCH3 is 1. The fourth-order valence-corrected chi connectivity index (χ4v) is 3.17. The molecule has 0 aliphatic carbocycles. The number of ether oxygens (including phenoxy) is 1. The largest absolute Gasteiger partial charge is 0.469 e. The van der Waals surface area contributed by atoms with Gasteiger partial charge >= 0.3 is 5.97 Å². The van der Waals surface area contributed by atoms with Gasteiger partial charge in [-0.05, 0) is 25.0 Å². The van der Waals surface area contributed by atoms with Crippen LogP contribution < -0.4 is 0 Å². The number of hydrogen-bond acceptors (Lipinski definition) is 5. The van der Waals surface area contributed by atoms with Crippen molar-refractivity contribution in [3.63, 3.8) is 0 Å². The molecule has 1 aliphatic rings. The van der Waals surface area contributed by atoms with Gasteiger partial charge in [0, 0.05) is 13.1 Å². The summed E-state index contributed by atoms with van der Waals surface area (Å²) in [7, 11) is 1.37. The molecule has 0 aromatic carbocycles. The van der Waals surface area contributed by atoms with E-state index in [-0.39, 0.29) is 24.4 Å². The predicted molar refractivity (Wildman–Crippen MR) is 78.9 cm³/mol. The number of thiophene rings is 1. The van der Waals surface area contributed by atoms with Crippen molar-refractivity contribution in [2.24, 2.45) is 5.92 Å². The zero-order valence-corrected chi connectivity index (χ0v) is 12.6. The molecule has 1 fully saturated rings. The predicted octanol–water partition coefficient (Wildman–Crippen LogP) is 1.12. The van der Waals surface area contributed by atoms with E-state index in [0.29, 0.717) is 18.0 Å². The quantitative estimate of drug-likeness (QED) is 0.657. The second kappa shape index (κ2) is 7.25. The molecular weight excluding hydrogens is 290 g/mol. The zero-order chi connectivity index (χ0) is 15.2. The summed E-state index contributed by atoms with van der Waals surface area (Å²) >= 11 is 1.30. The lowest BCUT2D eigenvalue weighted by Gasteiger charge is -2.31. The number of likely N-dealkylation sites (tertiary alicyclic amines) is 1. The minimum Gasteiger partial charge on any atom is -0.469 e. The second-order valence-electron chi connectivity index (χ2n) is 4.74. The number of aliphatic hydroxyl groups is 1. The van der Waals surface area contributed by atoms with Gasteiger partial charge in [-0.2, -0.15) is 0 Å². The maximum absolute atomic E-state index is 12.4. The topological polar surface area (TPSA) is 66.8 Å². The van der Waals surface area contributed by atoms with Crippen molar-refractivity contribution in [1.82, 2.24) is 4.90 Å². The first-order chi connectivity index (χ1) is 10.2. The van der Waals surface area contributed by atoms with Gasteiger partial charge in [-0.15, -0.1) is 11.3 Å². The number of nitrogens with zero attached hydrogens (tertiary/aromatic N) is 1. The SMILES string of the molecule is COC(=O)C1CCCN(C(=O)c2ccc(C#CCO)s2)C1. The molecule has 0 saturated carbocycles. The maximum Gasteiger partial charge on any atom is 0.310 e. The van der Waals surface area contributed by atoms with E-state index in [0.717, 1.165) is 17.7 Å². The van der Waals surface area contributed by atoms with Crippen LogP contribution in [-0.2, 0) is 9.53 Å². The highest BCUT2D eigenvalue weighted by molar-refractivity contribution is 7.14. The Hall–Kier alpha value is -1.84. The van der Waals surface area contributed by atoms with Crippen LogP contribution in [0.5, 0.6) is 0 Å². The molecule has 1 atom stereocenters. The van der Waals surface area contributed by atoms with Gasteiger partial charge in [-0.3, -0.25) is 9.59 Å². The van der Waals surface area contributed by atoms with Crippen LogP contribution in [0.15, 0.2) is 12.1 Å². The molecule has 21 heavy (non-hydrogen) atoms. The molecule has 1 aromatic heterocycles. The van der Waals surface area contributed by atoms with Crippen molar-refractivity contribution in [3.05, 3.63) is 21.9 Å². The smallest absolute Gasteiger partial charge is 0.310 e. The number of piperidine rings is 1. The van der Waals surface area contributed by atoms with Gasteiger partial charge in [0.1, 0.15) is 6.61 Å². The Bertz CT molecular complexity index is 584. The first kappa shape index (κ1) is 15.5. The Balaban J connectivity index is 2.05. The number of esters is 1. The molecule has 2 rings (SSSR count). The average Bonchev–Trinajstić information content (AvgIpc) is 3.00. The van der Waals surface area contributed by atoms with Crippen LogP contribution in [0.4, 0.5) is 0 Å². The van der Waals surface area contributed by atoms with E-state index in [1.807, 2.05) is 0 Å². The summed E-state index contributed by atoms with van der Waals surface area (Å²) in [5, 5.41) is 8.66.